The maximum atomic E-state index is 13.7. The number of hydrogen-bond acceptors (Lipinski definition) is 3. The number of ether oxygens (including phenoxy) is 1. The minimum atomic E-state index is -0.474. The van der Waals surface area contributed by atoms with Crippen LogP contribution in [0.2, 0.25) is 0 Å². The van der Waals surface area contributed by atoms with Crippen molar-refractivity contribution >= 4 is 11.6 Å². The second-order valence-electron chi connectivity index (χ2n) is 5.92. The largest absolute Gasteiger partial charge is 0.494 e. The normalized spacial score (nSPS) is 10.4. The molecular formula is C21H19FN2O2. The van der Waals surface area contributed by atoms with Crippen molar-refractivity contribution in [2.75, 3.05) is 12.4 Å². The lowest BCUT2D eigenvalue weighted by atomic mass is 10.1. The van der Waals surface area contributed by atoms with E-state index in [2.05, 4.69) is 10.3 Å². The first kappa shape index (κ1) is 17.6. The van der Waals surface area contributed by atoms with Crippen LogP contribution in [0, 0.1) is 5.82 Å². The number of anilines is 1. The standard InChI is InChI=1S/C21H19FN2O2/c1-26-20-7-4-17(13-19(20)22)14-21(25)24-18-5-2-15(3-6-18)12-16-8-10-23-11-9-16/h2-11,13H,12,14H2,1H3,(H,24,25). The Bertz CT molecular complexity index is 880. The van der Waals surface area contributed by atoms with Crippen LogP contribution in [0.1, 0.15) is 16.7 Å². The van der Waals surface area contributed by atoms with Gasteiger partial charge in [-0.25, -0.2) is 4.39 Å². The first-order valence-electron chi connectivity index (χ1n) is 8.24. The third-order valence-corrected chi connectivity index (χ3v) is 3.98. The van der Waals surface area contributed by atoms with E-state index >= 15 is 0 Å². The number of nitrogens with zero attached hydrogens (tertiary/aromatic N) is 1. The van der Waals surface area contributed by atoms with Crippen molar-refractivity contribution < 1.29 is 13.9 Å². The van der Waals surface area contributed by atoms with E-state index in [4.69, 9.17) is 4.74 Å². The van der Waals surface area contributed by atoms with E-state index in [0.717, 1.165) is 12.0 Å². The molecule has 26 heavy (non-hydrogen) atoms. The summed E-state index contributed by atoms with van der Waals surface area (Å²) in [6.45, 7) is 0. The quantitative estimate of drug-likeness (QED) is 0.731. The molecular weight excluding hydrogens is 331 g/mol. The van der Waals surface area contributed by atoms with Crippen LogP contribution >= 0.6 is 0 Å². The fourth-order valence-corrected chi connectivity index (χ4v) is 2.65. The summed E-state index contributed by atoms with van der Waals surface area (Å²) in [5, 5.41) is 2.83. The molecule has 0 unspecified atom stereocenters. The Morgan fingerprint density at radius 2 is 1.65 bits per heavy atom. The van der Waals surface area contributed by atoms with Gasteiger partial charge in [-0.3, -0.25) is 9.78 Å². The molecule has 1 N–H and O–H groups in total. The molecule has 0 saturated carbocycles. The molecule has 2 aromatic carbocycles. The highest BCUT2D eigenvalue weighted by atomic mass is 19.1. The molecule has 0 saturated heterocycles. The Balaban J connectivity index is 1.58. The van der Waals surface area contributed by atoms with Crippen LogP contribution in [0.15, 0.2) is 67.0 Å². The summed E-state index contributed by atoms with van der Waals surface area (Å²) in [6.07, 6.45) is 4.44. The van der Waals surface area contributed by atoms with Gasteiger partial charge in [0.2, 0.25) is 5.91 Å². The minimum Gasteiger partial charge on any atom is -0.494 e. The molecule has 1 amide bonds. The summed E-state index contributed by atoms with van der Waals surface area (Å²) in [6, 6.07) is 16.1. The van der Waals surface area contributed by atoms with Crippen molar-refractivity contribution in [1.29, 1.82) is 0 Å². The molecule has 1 aromatic heterocycles. The Morgan fingerprint density at radius 1 is 1.00 bits per heavy atom. The van der Waals surface area contributed by atoms with Gasteiger partial charge in [0.25, 0.3) is 0 Å². The van der Waals surface area contributed by atoms with Crippen molar-refractivity contribution in [2.24, 2.45) is 0 Å². The lowest BCUT2D eigenvalue weighted by Crippen LogP contribution is -2.14. The highest BCUT2D eigenvalue weighted by Gasteiger charge is 2.08. The summed E-state index contributed by atoms with van der Waals surface area (Å²) in [5.41, 5.74) is 3.63. The van der Waals surface area contributed by atoms with E-state index in [0.29, 0.717) is 11.3 Å². The van der Waals surface area contributed by atoms with Gasteiger partial charge in [-0.2, -0.15) is 0 Å². The maximum Gasteiger partial charge on any atom is 0.228 e. The van der Waals surface area contributed by atoms with Gasteiger partial charge in [0.05, 0.1) is 13.5 Å². The van der Waals surface area contributed by atoms with Gasteiger partial charge in [0.15, 0.2) is 11.6 Å². The second kappa shape index (κ2) is 8.25. The van der Waals surface area contributed by atoms with Gasteiger partial charge in [-0.15, -0.1) is 0 Å². The predicted octanol–water partition coefficient (Wildman–Crippen LogP) is 4.00. The molecule has 4 nitrogen and oxygen atoms in total. The minimum absolute atomic E-state index is 0.0969. The molecule has 0 atom stereocenters. The number of nitrogens with one attached hydrogen (secondary N) is 1. The number of carbonyl (C=O) groups excluding carboxylic acids is 1. The first-order valence-corrected chi connectivity index (χ1v) is 8.24. The Labute approximate surface area is 151 Å². The fraction of sp³-hybridized carbons (Fsp3) is 0.143. The Kier molecular flexibility index (Phi) is 5.59. The predicted molar refractivity (Wildman–Crippen MR) is 98.8 cm³/mol. The van der Waals surface area contributed by atoms with E-state index in [1.807, 2.05) is 36.4 Å². The fourth-order valence-electron chi connectivity index (χ4n) is 2.65. The van der Waals surface area contributed by atoms with Crippen molar-refractivity contribution in [2.45, 2.75) is 12.8 Å². The molecule has 1 heterocycles. The SMILES string of the molecule is COc1ccc(CC(=O)Nc2ccc(Cc3ccncc3)cc2)cc1F. The van der Waals surface area contributed by atoms with E-state index in [-0.39, 0.29) is 18.1 Å². The average Bonchev–Trinajstić information content (AvgIpc) is 2.64. The zero-order valence-electron chi connectivity index (χ0n) is 14.4. The van der Waals surface area contributed by atoms with Crippen LogP contribution in [0.3, 0.4) is 0 Å². The zero-order chi connectivity index (χ0) is 18.4. The summed E-state index contributed by atoms with van der Waals surface area (Å²) in [7, 11) is 1.41. The summed E-state index contributed by atoms with van der Waals surface area (Å²) in [4.78, 5) is 16.2. The Hall–Kier alpha value is -3.21. The van der Waals surface area contributed by atoms with Crippen molar-refractivity contribution in [3.63, 3.8) is 0 Å². The second-order valence-corrected chi connectivity index (χ2v) is 5.92. The smallest absolute Gasteiger partial charge is 0.228 e. The zero-order valence-corrected chi connectivity index (χ0v) is 14.4. The van der Waals surface area contributed by atoms with Crippen LogP contribution in [0.5, 0.6) is 5.75 Å². The highest BCUT2D eigenvalue weighted by molar-refractivity contribution is 5.92. The van der Waals surface area contributed by atoms with E-state index in [9.17, 15) is 9.18 Å². The number of methoxy groups -OCH3 is 1. The van der Waals surface area contributed by atoms with Gasteiger partial charge in [0, 0.05) is 18.1 Å². The molecule has 0 fully saturated rings. The molecule has 3 aromatic rings. The first-order chi connectivity index (χ1) is 12.6. The molecule has 0 spiro atoms. The van der Waals surface area contributed by atoms with Crippen LogP contribution in [-0.2, 0) is 17.6 Å². The van der Waals surface area contributed by atoms with Crippen LogP contribution in [-0.4, -0.2) is 18.0 Å². The Morgan fingerprint density at radius 3 is 2.31 bits per heavy atom. The summed E-state index contributed by atoms with van der Waals surface area (Å²) in [5.74, 6) is -0.506. The van der Waals surface area contributed by atoms with Crippen molar-refractivity contribution in [3.05, 3.63) is 89.5 Å². The molecule has 0 aliphatic carbocycles. The van der Waals surface area contributed by atoms with Gasteiger partial charge in [-0.1, -0.05) is 18.2 Å². The third kappa shape index (κ3) is 4.66. The van der Waals surface area contributed by atoms with Crippen LogP contribution < -0.4 is 10.1 Å². The maximum absolute atomic E-state index is 13.7. The lowest BCUT2D eigenvalue weighted by Gasteiger charge is -2.08. The number of amides is 1. The van der Waals surface area contributed by atoms with E-state index in [1.54, 1.807) is 18.5 Å². The number of benzene rings is 2. The summed E-state index contributed by atoms with van der Waals surface area (Å²) >= 11 is 0. The summed E-state index contributed by atoms with van der Waals surface area (Å²) < 4.78 is 18.6. The number of halogens is 1. The lowest BCUT2D eigenvalue weighted by molar-refractivity contribution is -0.115. The molecule has 132 valence electrons. The van der Waals surface area contributed by atoms with Gasteiger partial charge >= 0.3 is 0 Å². The monoisotopic (exact) mass is 350 g/mol. The van der Waals surface area contributed by atoms with Crippen LogP contribution in [0.4, 0.5) is 10.1 Å². The van der Waals surface area contributed by atoms with Crippen molar-refractivity contribution in [1.82, 2.24) is 4.98 Å². The molecule has 0 radical (unpaired) electrons. The number of pyridine rings is 1. The topological polar surface area (TPSA) is 51.2 Å². The molecule has 0 aliphatic rings. The van der Waals surface area contributed by atoms with Crippen LogP contribution in [0.25, 0.3) is 0 Å². The van der Waals surface area contributed by atoms with Gasteiger partial charge in [-0.05, 0) is 59.5 Å². The van der Waals surface area contributed by atoms with Crippen molar-refractivity contribution in [3.8, 4) is 5.75 Å². The average molecular weight is 350 g/mol. The molecule has 5 heteroatoms. The molecule has 3 rings (SSSR count). The van der Waals surface area contributed by atoms with E-state index < -0.39 is 5.82 Å². The molecule has 0 aliphatic heterocycles. The number of hydrogen-bond donors (Lipinski definition) is 1. The highest BCUT2D eigenvalue weighted by Crippen LogP contribution is 2.18. The van der Waals surface area contributed by atoms with Gasteiger partial charge in [0.1, 0.15) is 0 Å². The third-order valence-electron chi connectivity index (χ3n) is 3.98. The van der Waals surface area contributed by atoms with Gasteiger partial charge < -0.3 is 10.1 Å². The number of rotatable bonds is 6. The van der Waals surface area contributed by atoms with E-state index in [1.165, 1.54) is 24.8 Å². The number of aromatic nitrogens is 1. The number of carbonyl (C=O) groups is 1. The molecule has 0 bridgehead atoms.